The molecule has 1 aliphatic heterocycles. The van der Waals surface area contributed by atoms with Crippen molar-refractivity contribution in [3.8, 4) is 16.8 Å². The molecule has 182 valence electrons. The molecule has 3 aromatic rings. The van der Waals surface area contributed by atoms with Crippen molar-refractivity contribution < 1.29 is 9.53 Å². The monoisotopic (exact) mass is 489 g/mol. The maximum Gasteiger partial charge on any atom is 0.308 e. The number of thiophene rings is 1. The lowest BCUT2D eigenvalue weighted by atomic mass is 9.98. The van der Waals surface area contributed by atoms with Gasteiger partial charge in [-0.25, -0.2) is 0 Å². The summed E-state index contributed by atoms with van der Waals surface area (Å²) in [5.41, 5.74) is 10.1. The number of benzene rings is 1. The Kier molecular flexibility index (Phi) is 6.93. The normalized spacial score (nSPS) is 14.8. The highest BCUT2D eigenvalue weighted by molar-refractivity contribution is 7.15. The zero-order valence-electron chi connectivity index (χ0n) is 21.1. The highest BCUT2D eigenvalue weighted by Gasteiger charge is 2.33. The largest absolute Gasteiger partial charge is 0.460 e. The highest BCUT2D eigenvalue weighted by atomic mass is 32.1. The van der Waals surface area contributed by atoms with Gasteiger partial charge in [0.25, 0.3) is 0 Å². The van der Waals surface area contributed by atoms with Crippen molar-refractivity contribution in [2.24, 2.45) is 10.7 Å². The Bertz CT molecular complexity index is 1350. The average molecular weight is 490 g/mol. The molecule has 0 spiro atoms. The van der Waals surface area contributed by atoms with Gasteiger partial charge in [0.2, 0.25) is 0 Å². The molecular weight excluding hydrogens is 458 g/mol. The number of hydrogen-bond acceptors (Lipinski definition) is 7. The minimum Gasteiger partial charge on any atom is -0.460 e. The fourth-order valence-corrected chi connectivity index (χ4v) is 5.30. The lowest BCUT2D eigenvalue weighted by Gasteiger charge is -2.21. The van der Waals surface area contributed by atoms with Gasteiger partial charge in [-0.3, -0.25) is 14.4 Å². The third-order valence-corrected chi connectivity index (χ3v) is 6.96. The summed E-state index contributed by atoms with van der Waals surface area (Å²) >= 11 is 1.69. The van der Waals surface area contributed by atoms with E-state index in [2.05, 4.69) is 60.2 Å². The van der Waals surface area contributed by atoms with E-state index in [4.69, 9.17) is 15.5 Å². The van der Waals surface area contributed by atoms with Crippen molar-refractivity contribution >= 4 is 23.0 Å². The number of aryl methyl sites for hydroxylation is 2. The predicted octanol–water partition coefficient (Wildman–Crippen LogP) is 4.38. The number of carbonyl (C=O) groups is 1. The lowest BCUT2D eigenvalue weighted by Crippen LogP contribution is -2.25. The van der Waals surface area contributed by atoms with E-state index in [0.717, 1.165) is 33.2 Å². The van der Waals surface area contributed by atoms with Crippen LogP contribution in [0, 0.1) is 32.6 Å². The van der Waals surface area contributed by atoms with Crippen molar-refractivity contribution in [3.63, 3.8) is 0 Å². The fraction of sp³-hybridized carbons (Fsp3) is 0.407. The molecule has 0 saturated heterocycles. The van der Waals surface area contributed by atoms with Gasteiger partial charge in [-0.1, -0.05) is 36.1 Å². The van der Waals surface area contributed by atoms with Crippen molar-refractivity contribution in [3.05, 3.63) is 63.0 Å². The van der Waals surface area contributed by atoms with Gasteiger partial charge in [-0.2, -0.15) is 0 Å². The molecule has 8 heteroatoms. The van der Waals surface area contributed by atoms with Crippen LogP contribution < -0.4 is 5.73 Å². The Labute approximate surface area is 210 Å². The van der Waals surface area contributed by atoms with Gasteiger partial charge in [0, 0.05) is 22.4 Å². The molecule has 2 N–H and O–H groups in total. The quantitative estimate of drug-likeness (QED) is 0.433. The molecule has 1 aromatic carbocycles. The number of aliphatic imine (C=N–C) groups is 1. The van der Waals surface area contributed by atoms with Crippen LogP contribution >= 0.6 is 11.3 Å². The number of aromatic nitrogens is 3. The summed E-state index contributed by atoms with van der Waals surface area (Å²) in [6.45, 7) is 12.1. The molecule has 1 aliphatic rings. The second kappa shape index (κ2) is 9.76. The third kappa shape index (κ3) is 5.21. The molecule has 0 bridgehead atoms. The molecule has 0 radical (unpaired) electrons. The number of ether oxygens (including phenoxy) is 1. The van der Waals surface area contributed by atoms with Crippen molar-refractivity contribution in [2.45, 2.75) is 66.0 Å². The highest BCUT2D eigenvalue weighted by Crippen LogP contribution is 2.39. The molecule has 7 nitrogen and oxygen atoms in total. The summed E-state index contributed by atoms with van der Waals surface area (Å²) in [4.78, 5) is 19.2. The summed E-state index contributed by atoms with van der Waals surface area (Å²) in [5.74, 6) is 7.08. The van der Waals surface area contributed by atoms with Crippen LogP contribution in [0.2, 0.25) is 0 Å². The summed E-state index contributed by atoms with van der Waals surface area (Å²) in [7, 11) is 0. The Hall–Kier alpha value is -3.28. The van der Waals surface area contributed by atoms with Crippen molar-refractivity contribution in [2.75, 3.05) is 6.54 Å². The van der Waals surface area contributed by atoms with Gasteiger partial charge in [-0.15, -0.1) is 21.5 Å². The fourth-order valence-electron chi connectivity index (χ4n) is 4.08. The molecule has 0 amide bonds. The first-order chi connectivity index (χ1) is 16.6. The maximum atomic E-state index is 12.8. The Balaban J connectivity index is 1.83. The minimum atomic E-state index is -0.577. The first-order valence-electron chi connectivity index (χ1n) is 11.7. The van der Waals surface area contributed by atoms with E-state index in [1.54, 1.807) is 11.3 Å². The molecule has 0 fully saturated rings. The molecular formula is C27H31N5O2S. The minimum absolute atomic E-state index is 0.0820. The molecule has 0 aliphatic carbocycles. The van der Waals surface area contributed by atoms with Gasteiger partial charge in [0.1, 0.15) is 22.5 Å². The first-order valence-corrected chi connectivity index (χ1v) is 12.5. The summed E-state index contributed by atoms with van der Waals surface area (Å²) in [5, 5.41) is 9.81. The number of nitrogens with zero attached hydrogens (tertiary/aromatic N) is 4. The van der Waals surface area contributed by atoms with E-state index in [1.165, 1.54) is 10.4 Å². The second-order valence-electron chi connectivity index (χ2n) is 9.62. The SMILES string of the molecule is Cc1sc2c(c1C)C(c1ccc(CC#CCN)cc1)=NC(CC(=O)OC(C)(C)C)c1nnc(C)n1-2. The number of carbonyl (C=O) groups excluding carboxylic acids is 1. The summed E-state index contributed by atoms with van der Waals surface area (Å²) in [6, 6.07) is 7.75. The van der Waals surface area contributed by atoms with Gasteiger partial charge in [0.15, 0.2) is 5.82 Å². The number of fused-ring (bicyclic) bond motifs is 3. The summed E-state index contributed by atoms with van der Waals surface area (Å²) < 4.78 is 7.67. The topological polar surface area (TPSA) is 95.4 Å². The molecule has 35 heavy (non-hydrogen) atoms. The third-order valence-electron chi connectivity index (χ3n) is 5.77. The van der Waals surface area contributed by atoms with E-state index >= 15 is 0 Å². The number of nitrogens with two attached hydrogens (primary N) is 1. The Morgan fingerprint density at radius 3 is 2.51 bits per heavy atom. The molecule has 2 aromatic heterocycles. The number of hydrogen-bond donors (Lipinski definition) is 1. The van der Waals surface area contributed by atoms with E-state index in [0.29, 0.717) is 18.8 Å². The zero-order chi connectivity index (χ0) is 25.3. The Morgan fingerprint density at radius 1 is 1.14 bits per heavy atom. The molecule has 1 unspecified atom stereocenters. The van der Waals surface area contributed by atoms with Gasteiger partial charge < -0.3 is 10.5 Å². The smallest absolute Gasteiger partial charge is 0.308 e. The van der Waals surface area contributed by atoms with Crippen LogP contribution in [0.5, 0.6) is 0 Å². The molecule has 1 atom stereocenters. The van der Waals surface area contributed by atoms with Crippen LogP contribution in [0.4, 0.5) is 0 Å². The van der Waals surface area contributed by atoms with Crippen molar-refractivity contribution in [1.29, 1.82) is 0 Å². The van der Waals surface area contributed by atoms with Crippen LogP contribution in [0.25, 0.3) is 5.00 Å². The first kappa shape index (κ1) is 24.8. The van der Waals surface area contributed by atoms with Gasteiger partial charge in [-0.05, 0) is 52.7 Å². The standard InChI is InChI=1S/C27H31N5O2S/c1-16-17(2)35-26-23(16)24(20-12-10-19(11-13-20)9-7-8-14-28)29-21(15-22(33)34-27(4,5)6)25-31-30-18(3)32(25)26/h10-13,21H,9,14-15,28H2,1-6H3. The van der Waals surface area contributed by atoms with E-state index < -0.39 is 11.6 Å². The predicted molar refractivity (Wildman–Crippen MR) is 139 cm³/mol. The van der Waals surface area contributed by atoms with Crippen LogP contribution in [-0.4, -0.2) is 38.6 Å². The van der Waals surface area contributed by atoms with Crippen LogP contribution in [0.3, 0.4) is 0 Å². The van der Waals surface area contributed by atoms with E-state index in [9.17, 15) is 4.79 Å². The number of esters is 1. The maximum absolute atomic E-state index is 12.8. The van der Waals surface area contributed by atoms with Crippen LogP contribution in [0.15, 0.2) is 29.3 Å². The molecule has 3 heterocycles. The molecule has 0 saturated carbocycles. The average Bonchev–Trinajstić information content (AvgIpc) is 3.25. The lowest BCUT2D eigenvalue weighted by molar-refractivity contribution is -0.155. The van der Waals surface area contributed by atoms with Crippen molar-refractivity contribution in [1.82, 2.24) is 14.8 Å². The van der Waals surface area contributed by atoms with Gasteiger partial charge in [0.05, 0.1) is 18.7 Å². The van der Waals surface area contributed by atoms with E-state index in [-0.39, 0.29) is 12.4 Å². The van der Waals surface area contributed by atoms with E-state index in [1.807, 2.05) is 32.3 Å². The Morgan fingerprint density at radius 2 is 1.86 bits per heavy atom. The summed E-state index contributed by atoms with van der Waals surface area (Å²) in [6.07, 6.45) is 0.728. The van der Waals surface area contributed by atoms with Crippen LogP contribution in [0.1, 0.15) is 72.0 Å². The molecule has 4 rings (SSSR count). The zero-order valence-corrected chi connectivity index (χ0v) is 21.9. The van der Waals surface area contributed by atoms with Crippen LogP contribution in [-0.2, 0) is 16.0 Å². The second-order valence-corrected chi connectivity index (χ2v) is 10.8. The van der Waals surface area contributed by atoms with Gasteiger partial charge >= 0.3 is 5.97 Å². The number of rotatable bonds is 4.